The van der Waals surface area contributed by atoms with Gasteiger partial charge in [0.2, 0.25) is 5.91 Å². The standard InChI is InChI=1S/C14H20N4O3S2/c1-10-3-4-15-14(16-10)22-7-13(19)18-6-5-17(2)11-8-23(20,21)9-12(11)18/h3-4,11-12H,5-9H2,1-2H3/t11-,12+/m1/s1. The van der Waals surface area contributed by atoms with Crippen LogP contribution in [0.25, 0.3) is 0 Å². The SMILES string of the molecule is Cc1ccnc(SCC(=O)N2CCN(C)[C@@H]3CS(=O)(=O)C[C@@H]32)n1. The van der Waals surface area contributed by atoms with Crippen LogP contribution in [0.3, 0.4) is 0 Å². The lowest BCUT2D eigenvalue weighted by Crippen LogP contribution is -2.59. The smallest absolute Gasteiger partial charge is 0.233 e. The van der Waals surface area contributed by atoms with Crippen LogP contribution in [0.1, 0.15) is 5.69 Å². The van der Waals surface area contributed by atoms with E-state index in [1.807, 2.05) is 14.0 Å². The Balaban J connectivity index is 1.67. The van der Waals surface area contributed by atoms with Gasteiger partial charge in [0.1, 0.15) is 0 Å². The minimum absolute atomic E-state index is 0.0414. The maximum absolute atomic E-state index is 12.6. The van der Waals surface area contributed by atoms with Gasteiger partial charge in [0, 0.05) is 31.0 Å². The average Bonchev–Trinajstić information content (AvgIpc) is 2.81. The third-order valence-corrected chi connectivity index (χ3v) is 6.92. The molecule has 9 heteroatoms. The average molecular weight is 356 g/mol. The number of hydrogen-bond acceptors (Lipinski definition) is 7. The van der Waals surface area contributed by atoms with Crippen LogP contribution in [0.4, 0.5) is 0 Å². The van der Waals surface area contributed by atoms with E-state index in [0.29, 0.717) is 18.2 Å². The Bertz CT molecular complexity index is 710. The van der Waals surface area contributed by atoms with E-state index in [1.54, 1.807) is 17.2 Å². The number of nitrogens with zero attached hydrogens (tertiary/aromatic N) is 4. The quantitative estimate of drug-likeness (QED) is 0.548. The van der Waals surface area contributed by atoms with Gasteiger partial charge >= 0.3 is 0 Å². The highest BCUT2D eigenvalue weighted by atomic mass is 32.2. The van der Waals surface area contributed by atoms with Crippen LogP contribution in [-0.2, 0) is 14.6 Å². The summed E-state index contributed by atoms with van der Waals surface area (Å²) in [6.45, 7) is 3.15. The van der Waals surface area contributed by atoms with Gasteiger partial charge in [-0.05, 0) is 20.0 Å². The molecule has 2 atom stereocenters. The number of carbonyl (C=O) groups is 1. The summed E-state index contributed by atoms with van der Waals surface area (Å²) in [6, 6.07) is 1.49. The Labute approximate surface area is 140 Å². The van der Waals surface area contributed by atoms with E-state index in [9.17, 15) is 13.2 Å². The maximum Gasteiger partial charge on any atom is 0.233 e. The summed E-state index contributed by atoms with van der Waals surface area (Å²) in [7, 11) is -1.14. The molecule has 0 spiro atoms. The van der Waals surface area contributed by atoms with E-state index < -0.39 is 9.84 Å². The Morgan fingerprint density at radius 3 is 2.83 bits per heavy atom. The second-order valence-corrected chi connectivity index (χ2v) is 9.14. The van der Waals surface area contributed by atoms with E-state index >= 15 is 0 Å². The van der Waals surface area contributed by atoms with Gasteiger partial charge in [0.25, 0.3) is 0 Å². The van der Waals surface area contributed by atoms with Crippen LogP contribution in [0.15, 0.2) is 17.4 Å². The van der Waals surface area contributed by atoms with Crippen LogP contribution in [0.2, 0.25) is 0 Å². The lowest BCUT2D eigenvalue weighted by Gasteiger charge is -2.42. The summed E-state index contributed by atoms with van der Waals surface area (Å²) in [5.74, 6) is 0.405. The first kappa shape index (κ1) is 16.7. The molecule has 0 bridgehead atoms. The molecule has 1 aromatic heterocycles. The number of aromatic nitrogens is 2. The molecular weight excluding hydrogens is 336 g/mol. The van der Waals surface area contributed by atoms with Gasteiger partial charge in [-0.25, -0.2) is 18.4 Å². The van der Waals surface area contributed by atoms with Crippen molar-refractivity contribution in [1.82, 2.24) is 19.8 Å². The molecule has 7 nitrogen and oxygen atoms in total. The molecule has 0 unspecified atom stereocenters. The molecular formula is C14H20N4O3S2. The number of likely N-dealkylation sites (N-methyl/N-ethyl adjacent to an activating group) is 1. The molecule has 0 saturated carbocycles. The predicted molar refractivity (Wildman–Crippen MR) is 88.1 cm³/mol. The lowest BCUT2D eigenvalue weighted by molar-refractivity contribution is -0.133. The Hall–Kier alpha value is -1.19. The summed E-state index contributed by atoms with van der Waals surface area (Å²) >= 11 is 1.29. The van der Waals surface area contributed by atoms with Gasteiger partial charge in [-0.2, -0.15) is 0 Å². The summed E-state index contributed by atoms with van der Waals surface area (Å²) in [4.78, 5) is 24.7. The van der Waals surface area contributed by atoms with Crippen molar-refractivity contribution in [3.05, 3.63) is 18.0 Å². The number of sulfone groups is 1. The molecule has 1 aromatic rings. The van der Waals surface area contributed by atoms with Gasteiger partial charge in [-0.15, -0.1) is 0 Å². The van der Waals surface area contributed by atoms with Gasteiger partial charge in [0.05, 0.1) is 23.3 Å². The van der Waals surface area contributed by atoms with Gasteiger partial charge in [-0.1, -0.05) is 11.8 Å². The number of hydrogen-bond donors (Lipinski definition) is 0. The molecule has 2 saturated heterocycles. The van der Waals surface area contributed by atoms with Crippen LogP contribution in [0.5, 0.6) is 0 Å². The van der Waals surface area contributed by atoms with Crippen molar-refractivity contribution in [1.29, 1.82) is 0 Å². The molecule has 3 rings (SSSR count). The van der Waals surface area contributed by atoms with Gasteiger partial charge < -0.3 is 4.90 Å². The Kier molecular flexibility index (Phi) is 4.61. The zero-order chi connectivity index (χ0) is 16.6. The first-order chi connectivity index (χ1) is 10.9. The number of carbonyl (C=O) groups excluding carboxylic acids is 1. The number of fused-ring (bicyclic) bond motifs is 1. The zero-order valence-electron chi connectivity index (χ0n) is 13.2. The van der Waals surface area contributed by atoms with Gasteiger partial charge in [-0.3, -0.25) is 9.69 Å². The highest BCUT2D eigenvalue weighted by molar-refractivity contribution is 7.99. The van der Waals surface area contributed by atoms with Crippen molar-refractivity contribution in [3.63, 3.8) is 0 Å². The molecule has 0 aliphatic carbocycles. The monoisotopic (exact) mass is 356 g/mol. The normalized spacial score (nSPS) is 27.0. The fraction of sp³-hybridized carbons (Fsp3) is 0.643. The van der Waals surface area contributed by atoms with Crippen LogP contribution in [-0.4, -0.2) is 83.6 Å². The number of thioether (sulfide) groups is 1. The molecule has 2 fully saturated rings. The van der Waals surface area contributed by atoms with E-state index in [1.165, 1.54) is 11.8 Å². The van der Waals surface area contributed by atoms with Crippen LogP contribution >= 0.6 is 11.8 Å². The van der Waals surface area contributed by atoms with Crippen LogP contribution in [0, 0.1) is 6.92 Å². The topological polar surface area (TPSA) is 83.5 Å². The molecule has 0 N–H and O–H groups in total. The molecule has 2 aliphatic heterocycles. The second kappa shape index (κ2) is 6.37. The second-order valence-electron chi connectivity index (χ2n) is 6.05. The fourth-order valence-electron chi connectivity index (χ4n) is 3.14. The highest BCUT2D eigenvalue weighted by Gasteiger charge is 2.46. The van der Waals surface area contributed by atoms with Crippen molar-refractivity contribution in [2.45, 2.75) is 24.2 Å². The number of aryl methyl sites for hydroxylation is 1. The number of rotatable bonds is 3. The van der Waals surface area contributed by atoms with Gasteiger partial charge in [0.15, 0.2) is 15.0 Å². The van der Waals surface area contributed by atoms with E-state index in [2.05, 4.69) is 14.9 Å². The summed E-state index contributed by atoms with van der Waals surface area (Å²) < 4.78 is 23.9. The largest absolute Gasteiger partial charge is 0.335 e. The molecule has 0 aromatic carbocycles. The lowest BCUT2D eigenvalue weighted by atomic mass is 10.1. The van der Waals surface area contributed by atoms with E-state index in [4.69, 9.17) is 0 Å². The van der Waals surface area contributed by atoms with Crippen LogP contribution < -0.4 is 0 Å². The molecule has 2 aliphatic rings. The highest BCUT2D eigenvalue weighted by Crippen LogP contribution is 2.27. The summed E-state index contributed by atoms with van der Waals surface area (Å²) in [6.07, 6.45) is 1.67. The minimum Gasteiger partial charge on any atom is -0.335 e. The minimum atomic E-state index is -3.07. The fourth-order valence-corrected chi connectivity index (χ4v) is 5.96. The molecule has 1 amide bonds. The van der Waals surface area contributed by atoms with Crippen molar-refractivity contribution >= 4 is 27.5 Å². The van der Waals surface area contributed by atoms with Crippen molar-refractivity contribution in [2.24, 2.45) is 0 Å². The third-order valence-electron chi connectivity index (χ3n) is 4.37. The number of amides is 1. The van der Waals surface area contributed by atoms with Crippen molar-refractivity contribution in [2.75, 3.05) is 37.4 Å². The number of piperazine rings is 1. The maximum atomic E-state index is 12.6. The third kappa shape index (κ3) is 3.67. The Morgan fingerprint density at radius 2 is 2.09 bits per heavy atom. The molecule has 3 heterocycles. The Morgan fingerprint density at radius 1 is 1.35 bits per heavy atom. The summed E-state index contributed by atoms with van der Waals surface area (Å²) in [5.41, 5.74) is 0.858. The first-order valence-corrected chi connectivity index (χ1v) is 10.3. The first-order valence-electron chi connectivity index (χ1n) is 7.48. The van der Waals surface area contributed by atoms with Crippen molar-refractivity contribution < 1.29 is 13.2 Å². The molecule has 23 heavy (non-hydrogen) atoms. The molecule has 126 valence electrons. The predicted octanol–water partition coefficient (Wildman–Crippen LogP) is -0.183. The zero-order valence-corrected chi connectivity index (χ0v) is 14.8. The summed E-state index contributed by atoms with van der Waals surface area (Å²) in [5, 5.41) is 0.572. The molecule has 0 radical (unpaired) electrons. The van der Waals surface area contributed by atoms with E-state index in [-0.39, 0.29) is 35.2 Å². The van der Waals surface area contributed by atoms with Crippen molar-refractivity contribution in [3.8, 4) is 0 Å². The van der Waals surface area contributed by atoms with E-state index in [0.717, 1.165) is 5.69 Å².